The highest BCUT2D eigenvalue weighted by Crippen LogP contribution is 2.28. The van der Waals surface area contributed by atoms with Crippen molar-refractivity contribution in [1.82, 2.24) is 5.32 Å². The Labute approximate surface area is 195 Å². The number of ether oxygens (including phenoxy) is 1. The molecular formula is C24H35BrN2O4. The molecule has 1 heterocycles. The second kappa shape index (κ2) is 12.7. The highest BCUT2D eigenvalue weighted by atomic mass is 79.9. The molecule has 0 aliphatic carbocycles. The van der Waals surface area contributed by atoms with Crippen LogP contribution in [0.15, 0.2) is 45.1 Å². The Bertz CT molecular complexity index is 946. The van der Waals surface area contributed by atoms with Gasteiger partial charge in [-0.3, -0.25) is 4.79 Å². The minimum absolute atomic E-state index is 0. The van der Waals surface area contributed by atoms with Gasteiger partial charge in [0, 0.05) is 23.6 Å². The summed E-state index contributed by atoms with van der Waals surface area (Å²) in [6.45, 7) is 8.63. The number of carbonyl (C=O) groups excluding carboxylic acids is 1. The topological polar surface area (TPSA) is 68.5 Å². The summed E-state index contributed by atoms with van der Waals surface area (Å²) in [5.41, 5.74) is 2.34. The molecule has 0 saturated carbocycles. The molecule has 0 aliphatic rings. The molecule has 2 rings (SSSR count). The molecule has 0 saturated heterocycles. The number of nitrogens with zero attached hydrogens (tertiary/aromatic N) is 1. The average Bonchev–Trinajstić information content (AvgIpc) is 2.65. The molecule has 0 unspecified atom stereocenters. The average molecular weight is 495 g/mol. The summed E-state index contributed by atoms with van der Waals surface area (Å²) >= 11 is 0. The third kappa shape index (κ3) is 8.87. The fraction of sp³-hybridized carbons (Fsp3) is 0.500. The quantitative estimate of drug-likeness (QED) is 0.216. The largest absolute Gasteiger partial charge is 1.00 e. The maximum absolute atomic E-state index is 11.8. The van der Waals surface area contributed by atoms with Crippen LogP contribution in [0, 0.1) is 0 Å². The Kier molecular flexibility index (Phi) is 11.0. The van der Waals surface area contributed by atoms with Gasteiger partial charge in [-0.15, -0.1) is 0 Å². The molecule has 0 bridgehead atoms. The zero-order valence-corrected chi connectivity index (χ0v) is 20.9. The lowest BCUT2D eigenvalue weighted by atomic mass is 10.1. The van der Waals surface area contributed by atoms with Gasteiger partial charge in [-0.2, -0.15) is 0 Å². The number of benzene rings is 1. The first-order valence-electron chi connectivity index (χ1n) is 10.6. The van der Waals surface area contributed by atoms with Crippen molar-refractivity contribution in [3.63, 3.8) is 0 Å². The minimum Gasteiger partial charge on any atom is -1.00 e. The zero-order valence-electron chi connectivity index (χ0n) is 19.3. The number of rotatable bonds is 11. The predicted octanol–water partition coefficient (Wildman–Crippen LogP) is 0.677. The summed E-state index contributed by atoms with van der Waals surface area (Å²) in [6.07, 6.45) is 4.60. The Morgan fingerprint density at radius 3 is 2.55 bits per heavy atom. The van der Waals surface area contributed by atoms with Crippen LogP contribution in [0.1, 0.15) is 39.2 Å². The first-order chi connectivity index (χ1) is 14.2. The van der Waals surface area contributed by atoms with E-state index in [2.05, 4.69) is 25.5 Å². The third-order valence-corrected chi connectivity index (χ3v) is 4.92. The molecule has 31 heavy (non-hydrogen) atoms. The molecular weight excluding hydrogens is 460 g/mol. The SMILES string of the molecule is CCNC(=O)C[N+](C)(C)CCCCOc1ccc2ccc(=O)oc2c1CC=C(C)C.[Br-]. The van der Waals surface area contributed by atoms with Crippen LogP contribution in [0.2, 0.25) is 0 Å². The van der Waals surface area contributed by atoms with Crippen LogP contribution < -0.4 is 32.7 Å². The van der Waals surface area contributed by atoms with E-state index in [4.69, 9.17) is 9.15 Å². The number of halogens is 1. The maximum Gasteiger partial charge on any atom is 0.336 e. The Balaban J connectivity index is 0.00000480. The first kappa shape index (κ1) is 26.9. The van der Waals surface area contributed by atoms with Crippen LogP contribution in [0.25, 0.3) is 11.0 Å². The lowest BCUT2D eigenvalue weighted by molar-refractivity contribution is -0.882. The number of likely N-dealkylation sites (N-methyl/N-ethyl adjacent to an activating group) is 2. The Morgan fingerprint density at radius 2 is 1.87 bits per heavy atom. The van der Waals surface area contributed by atoms with Crippen molar-refractivity contribution in [1.29, 1.82) is 0 Å². The van der Waals surface area contributed by atoms with Gasteiger partial charge in [0.25, 0.3) is 5.91 Å². The molecule has 6 nitrogen and oxygen atoms in total. The van der Waals surface area contributed by atoms with Crippen LogP contribution >= 0.6 is 0 Å². The molecule has 1 N–H and O–H groups in total. The van der Waals surface area contributed by atoms with E-state index >= 15 is 0 Å². The van der Waals surface area contributed by atoms with Gasteiger partial charge in [0.15, 0.2) is 6.54 Å². The monoisotopic (exact) mass is 494 g/mol. The van der Waals surface area contributed by atoms with E-state index < -0.39 is 0 Å². The summed E-state index contributed by atoms with van der Waals surface area (Å²) in [5, 5.41) is 3.75. The van der Waals surface area contributed by atoms with Crippen molar-refractivity contribution in [2.75, 3.05) is 40.3 Å². The number of allylic oxidation sites excluding steroid dienone is 2. The van der Waals surface area contributed by atoms with Gasteiger partial charge < -0.3 is 35.9 Å². The van der Waals surface area contributed by atoms with Crippen LogP contribution in [-0.2, 0) is 11.2 Å². The van der Waals surface area contributed by atoms with E-state index in [1.165, 1.54) is 11.6 Å². The van der Waals surface area contributed by atoms with Gasteiger partial charge in [-0.05, 0) is 58.2 Å². The van der Waals surface area contributed by atoms with Crippen molar-refractivity contribution in [3.05, 3.63) is 51.9 Å². The second-order valence-electron chi connectivity index (χ2n) is 8.53. The van der Waals surface area contributed by atoms with Crippen LogP contribution in [0.3, 0.4) is 0 Å². The van der Waals surface area contributed by atoms with Gasteiger partial charge in [-0.1, -0.05) is 11.6 Å². The summed E-state index contributed by atoms with van der Waals surface area (Å²) < 4.78 is 12.2. The molecule has 1 amide bonds. The van der Waals surface area contributed by atoms with E-state index in [1.54, 1.807) is 6.07 Å². The fourth-order valence-electron chi connectivity index (χ4n) is 3.35. The van der Waals surface area contributed by atoms with Crippen LogP contribution in [0.5, 0.6) is 5.75 Å². The minimum atomic E-state index is -0.356. The standard InChI is InChI=1S/C24H34N2O4.BrH/c1-6-25-22(27)17-26(4,5)15-7-8-16-29-21-13-10-19-11-14-23(28)30-24(19)20(21)12-9-18(2)3;/h9-11,13-14H,6-8,12,15-17H2,1-5H3;1H. The van der Waals surface area contributed by atoms with Crippen molar-refractivity contribution in [2.45, 2.75) is 40.0 Å². The fourth-order valence-corrected chi connectivity index (χ4v) is 3.35. The number of amides is 1. The molecule has 1 aromatic heterocycles. The highest BCUT2D eigenvalue weighted by molar-refractivity contribution is 5.82. The molecule has 172 valence electrons. The van der Waals surface area contributed by atoms with Crippen LogP contribution in [0.4, 0.5) is 0 Å². The Morgan fingerprint density at radius 1 is 1.16 bits per heavy atom. The van der Waals surface area contributed by atoms with Crippen molar-refractivity contribution in [3.8, 4) is 5.75 Å². The predicted molar refractivity (Wildman–Crippen MR) is 121 cm³/mol. The molecule has 0 atom stereocenters. The molecule has 1 aromatic carbocycles. The van der Waals surface area contributed by atoms with E-state index in [-0.39, 0.29) is 28.5 Å². The first-order valence-corrected chi connectivity index (χ1v) is 10.6. The maximum atomic E-state index is 11.8. The van der Waals surface area contributed by atoms with Gasteiger partial charge in [0.2, 0.25) is 0 Å². The van der Waals surface area contributed by atoms with Crippen molar-refractivity contribution in [2.24, 2.45) is 0 Å². The number of unbranched alkanes of at least 4 members (excludes halogenated alkanes) is 1. The number of nitrogens with one attached hydrogen (secondary N) is 1. The number of fused-ring (bicyclic) bond motifs is 1. The second-order valence-corrected chi connectivity index (χ2v) is 8.53. The zero-order chi connectivity index (χ0) is 22.1. The number of carbonyl (C=O) groups is 1. The molecule has 0 radical (unpaired) electrons. The van der Waals surface area contributed by atoms with Gasteiger partial charge in [0.05, 0.1) is 27.2 Å². The molecule has 7 heteroatoms. The highest BCUT2D eigenvalue weighted by Gasteiger charge is 2.19. The van der Waals surface area contributed by atoms with Gasteiger partial charge in [0.1, 0.15) is 11.3 Å². The van der Waals surface area contributed by atoms with E-state index in [1.807, 2.05) is 32.9 Å². The van der Waals surface area contributed by atoms with Gasteiger partial charge >= 0.3 is 5.63 Å². The van der Waals surface area contributed by atoms with E-state index in [9.17, 15) is 9.59 Å². The van der Waals surface area contributed by atoms with E-state index in [0.29, 0.717) is 36.2 Å². The summed E-state index contributed by atoms with van der Waals surface area (Å²) in [7, 11) is 4.14. The molecule has 2 aromatic rings. The molecule has 0 spiro atoms. The van der Waals surface area contributed by atoms with Gasteiger partial charge in [-0.25, -0.2) is 4.79 Å². The number of quaternary nitrogens is 1. The lowest BCUT2D eigenvalue weighted by Gasteiger charge is -2.29. The van der Waals surface area contributed by atoms with Crippen molar-refractivity contribution >= 4 is 16.9 Å². The number of hydrogen-bond donors (Lipinski definition) is 1. The smallest absolute Gasteiger partial charge is 0.336 e. The summed E-state index contributed by atoms with van der Waals surface area (Å²) in [6, 6.07) is 7.09. The number of hydrogen-bond acceptors (Lipinski definition) is 4. The normalized spacial score (nSPS) is 11.0. The van der Waals surface area contributed by atoms with Crippen molar-refractivity contribution < 1.29 is 35.4 Å². The Hall–Kier alpha value is -2.12. The van der Waals surface area contributed by atoms with E-state index in [0.717, 1.165) is 36.1 Å². The lowest BCUT2D eigenvalue weighted by Crippen LogP contribution is -3.00. The molecule has 0 aliphatic heterocycles. The summed E-state index contributed by atoms with van der Waals surface area (Å²) in [5.74, 6) is 0.839. The van der Waals surface area contributed by atoms with Crippen LogP contribution in [-0.4, -0.2) is 50.7 Å². The third-order valence-electron chi connectivity index (χ3n) is 4.92. The molecule has 0 fully saturated rings. The summed E-state index contributed by atoms with van der Waals surface area (Å²) in [4.78, 5) is 23.6.